The molecule has 0 aliphatic carbocycles. The van der Waals surface area contributed by atoms with Crippen molar-refractivity contribution in [2.24, 2.45) is 0 Å². The fourth-order valence-electron chi connectivity index (χ4n) is 2.96. The van der Waals surface area contributed by atoms with Crippen molar-refractivity contribution in [2.75, 3.05) is 12.3 Å². The molecule has 0 unspecified atom stereocenters. The van der Waals surface area contributed by atoms with Crippen molar-refractivity contribution in [1.82, 2.24) is 15.1 Å². The molecule has 0 atom stereocenters. The number of nitrogen functional groups attached to an aromatic ring is 1. The molecule has 154 valence electrons. The minimum atomic E-state index is -0.376. The number of carbonyl (C=O) groups is 1. The summed E-state index contributed by atoms with van der Waals surface area (Å²) in [5, 5.41) is 17.5. The number of benzene rings is 2. The first-order valence-corrected chi connectivity index (χ1v) is 9.89. The number of nitriles is 1. The first-order valence-electron chi connectivity index (χ1n) is 9.13. The average Bonchev–Trinajstić information content (AvgIpc) is 3.04. The molecule has 30 heavy (non-hydrogen) atoms. The van der Waals surface area contributed by atoms with E-state index in [1.165, 1.54) is 28.9 Å². The van der Waals surface area contributed by atoms with Gasteiger partial charge in [-0.05, 0) is 54.8 Å². The highest BCUT2D eigenvalue weighted by Crippen LogP contribution is 2.25. The molecular formula is C21H18Cl2FN5O. The van der Waals surface area contributed by atoms with E-state index in [0.29, 0.717) is 46.4 Å². The third-order valence-electron chi connectivity index (χ3n) is 4.49. The highest BCUT2D eigenvalue weighted by atomic mass is 35.5. The van der Waals surface area contributed by atoms with Crippen LogP contribution in [0.3, 0.4) is 0 Å². The Morgan fingerprint density at radius 3 is 2.50 bits per heavy atom. The summed E-state index contributed by atoms with van der Waals surface area (Å²) in [4.78, 5) is 12.2. The molecule has 1 amide bonds. The van der Waals surface area contributed by atoms with Gasteiger partial charge in [-0.15, -0.1) is 0 Å². The van der Waals surface area contributed by atoms with Crippen LogP contribution in [0.4, 0.5) is 10.2 Å². The van der Waals surface area contributed by atoms with E-state index in [-0.39, 0.29) is 29.5 Å². The number of hydrogen-bond donors (Lipinski definition) is 2. The Hall–Kier alpha value is -3.08. The van der Waals surface area contributed by atoms with Crippen LogP contribution in [0.5, 0.6) is 0 Å². The molecule has 9 heteroatoms. The van der Waals surface area contributed by atoms with Gasteiger partial charge in [0.25, 0.3) is 0 Å². The molecule has 0 spiro atoms. The van der Waals surface area contributed by atoms with Gasteiger partial charge in [-0.1, -0.05) is 29.3 Å². The van der Waals surface area contributed by atoms with Crippen LogP contribution < -0.4 is 11.1 Å². The summed E-state index contributed by atoms with van der Waals surface area (Å²) in [6.45, 7) is 0.384. The standard InChI is InChI=1S/C21H18Cl2FN5O/c22-17-3-1-4-18(23)15(17)11-20(30)27-10-2-5-19-16(12-25)21(26)29(28-19)14-8-6-13(24)7-9-14/h1,3-4,6-9H,2,5,10-11,26H2,(H,27,30). The van der Waals surface area contributed by atoms with Crippen LogP contribution in [0.25, 0.3) is 5.69 Å². The van der Waals surface area contributed by atoms with E-state index in [9.17, 15) is 14.4 Å². The van der Waals surface area contributed by atoms with Gasteiger partial charge in [-0.25, -0.2) is 9.07 Å². The lowest BCUT2D eigenvalue weighted by atomic mass is 10.1. The van der Waals surface area contributed by atoms with Gasteiger partial charge in [0.15, 0.2) is 0 Å². The lowest BCUT2D eigenvalue weighted by Gasteiger charge is -2.08. The van der Waals surface area contributed by atoms with Gasteiger partial charge in [-0.2, -0.15) is 10.4 Å². The van der Waals surface area contributed by atoms with Gasteiger partial charge in [0.05, 0.1) is 17.8 Å². The number of nitrogens with two attached hydrogens (primary N) is 1. The molecule has 1 heterocycles. The van der Waals surface area contributed by atoms with Gasteiger partial charge in [0.1, 0.15) is 23.3 Å². The molecule has 3 N–H and O–H groups in total. The molecule has 0 aliphatic rings. The zero-order valence-electron chi connectivity index (χ0n) is 15.8. The van der Waals surface area contributed by atoms with Gasteiger partial charge < -0.3 is 11.1 Å². The molecule has 0 fully saturated rings. The number of amides is 1. The number of aryl methyl sites for hydroxylation is 1. The molecule has 0 radical (unpaired) electrons. The van der Waals surface area contributed by atoms with Crippen LogP contribution in [0.15, 0.2) is 42.5 Å². The molecule has 0 saturated carbocycles. The van der Waals surface area contributed by atoms with Gasteiger partial charge in [0.2, 0.25) is 5.91 Å². The van der Waals surface area contributed by atoms with Crippen molar-refractivity contribution in [3.63, 3.8) is 0 Å². The molecule has 1 aromatic heterocycles. The highest BCUT2D eigenvalue weighted by Gasteiger charge is 2.17. The average molecular weight is 446 g/mol. The molecule has 3 rings (SSSR count). The van der Waals surface area contributed by atoms with Crippen molar-refractivity contribution in [3.8, 4) is 11.8 Å². The fraction of sp³-hybridized carbons (Fsp3) is 0.190. The number of halogens is 3. The van der Waals surface area contributed by atoms with Crippen LogP contribution in [0, 0.1) is 17.1 Å². The van der Waals surface area contributed by atoms with Crippen molar-refractivity contribution < 1.29 is 9.18 Å². The highest BCUT2D eigenvalue weighted by molar-refractivity contribution is 6.36. The summed E-state index contributed by atoms with van der Waals surface area (Å²) in [7, 11) is 0. The minimum absolute atomic E-state index is 0.0775. The predicted octanol–water partition coefficient (Wildman–Crippen LogP) is 4.06. The number of anilines is 1. The molecule has 0 bridgehead atoms. The normalized spacial score (nSPS) is 10.6. The van der Waals surface area contributed by atoms with Crippen molar-refractivity contribution in [1.29, 1.82) is 5.26 Å². The summed E-state index contributed by atoms with van der Waals surface area (Å²) < 4.78 is 14.6. The number of carbonyl (C=O) groups excluding carboxylic acids is 1. The Labute approximate surface area is 183 Å². The van der Waals surface area contributed by atoms with Crippen LogP contribution in [-0.4, -0.2) is 22.2 Å². The Bertz CT molecular complexity index is 1090. The quantitative estimate of drug-likeness (QED) is 0.535. The Kier molecular flexibility index (Phi) is 6.93. The van der Waals surface area contributed by atoms with Crippen LogP contribution in [0.1, 0.15) is 23.2 Å². The van der Waals surface area contributed by atoms with Crippen molar-refractivity contribution in [3.05, 3.63) is 75.1 Å². The second kappa shape index (κ2) is 9.61. The summed E-state index contributed by atoms with van der Waals surface area (Å²) >= 11 is 12.2. The number of nitrogens with zero attached hydrogens (tertiary/aromatic N) is 3. The molecule has 6 nitrogen and oxygen atoms in total. The Morgan fingerprint density at radius 2 is 1.87 bits per heavy atom. The summed E-state index contributed by atoms with van der Waals surface area (Å²) in [6.07, 6.45) is 1.07. The topological polar surface area (TPSA) is 96.7 Å². The minimum Gasteiger partial charge on any atom is -0.382 e. The molecule has 0 saturated heterocycles. The summed E-state index contributed by atoms with van der Waals surface area (Å²) in [5.41, 5.74) is 7.97. The number of rotatable bonds is 7. The zero-order valence-corrected chi connectivity index (χ0v) is 17.3. The molecular weight excluding hydrogens is 428 g/mol. The summed E-state index contributed by atoms with van der Waals surface area (Å²) in [6, 6.07) is 12.8. The molecule has 3 aromatic rings. The summed E-state index contributed by atoms with van der Waals surface area (Å²) in [5.74, 6) is -0.391. The maximum Gasteiger partial charge on any atom is 0.224 e. The first-order chi connectivity index (χ1) is 14.4. The second-order valence-electron chi connectivity index (χ2n) is 6.54. The monoisotopic (exact) mass is 445 g/mol. The van der Waals surface area contributed by atoms with E-state index in [2.05, 4.69) is 16.5 Å². The SMILES string of the molecule is N#Cc1c(CCCNC(=O)Cc2c(Cl)cccc2Cl)nn(-c2ccc(F)cc2)c1N. The van der Waals surface area contributed by atoms with Gasteiger partial charge >= 0.3 is 0 Å². The lowest BCUT2D eigenvalue weighted by Crippen LogP contribution is -2.26. The van der Waals surface area contributed by atoms with E-state index in [1.807, 2.05) is 0 Å². The van der Waals surface area contributed by atoms with Gasteiger partial charge in [0, 0.05) is 16.6 Å². The molecule has 2 aromatic carbocycles. The van der Waals surface area contributed by atoms with E-state index < -0.39 is 0 Å². The van der Waals surface area contributed by atoms with Crippen LogP contribution >= 0.6 is 23.2 Å². The number of aromatic nitrogens is 2. The largest absolute Gasteiger partial charge is 0.382 e. The Morgan fingerprint density at radius 1 is 1.20 bits per heavy atom. The van der Waals surface area contributed by atoms with E-state index in [4.69, 9.17) is 28.9 Å². The van der Waals surface area contributed by atoms with Crippen LogP contribution in [0.2, 0.25) is 10.0 Å². The maximum atomic E-state index is 13.1. The number of nitrogens with one attached hydrogen (secondary N) is 1. The first kappa shape index (κ1) is 21.6. The molecule has 0 aliphatic heterocycles. The van der Waals surface area contributed by atoms with Crippen LogP contribution in [-0.2, 0) is 17.6 Å². The fourth-order valence-corrected chi connectivity index (χ4v) is 3.49. The lowest BCUT2D eigenvalue weighted by molar-refractivity contribution is -0.120. The zero-order chi connectivity index (χ0) is 21.7. The van der Waals surface area contributed by atoms with Gasteiger partial charge in [-0.3, -0.25) is 4.79 Å². The smallest absolute Gasteiger partial charge is 0.224 e. The predicted molar refractivity (Wildman–Crippen MR) is 114 cm³/mol. The third-order valence-corrected chi connectivity index (χ3v) is 5.20. The van der Waals surface area contributed by atoms with E-state index >= 15 is 0 Å². The number of hydrogen-bond acceptors (Lipinski definition) is 4. The third kappa shape index (κ3) is 4.90. The second-order valence-corrected chi connectivity index (χ2v) is 7.35. The van der Waals surface area contributed by atoms with E-state index in [1.54, 1.807) is 18.2 Å². The van der Waals surface area contributed by atoms with E-state index in [0.717, 1.165) is 0 Å². The Balaban J connectivity index is 1.60. The van der Waals surface area contributed by atoms with Crippen molar-refractivity contribution in [2.45, 2.75) is 19.3 Å². The van der Waals surface area contributed by atoms with Crippen molar-refractivity contribution >= 4 is 34.9 Å². The maximum absolute atomic E-state index is 13.1.